The van der Waals surface area contributed by atoms with E-state index in [2.05, 4.69) is 15.6 Å². The lowest BCUT2D eigenvalue weighted by atomic mass is 9.90. The third-order valence-corrected chi connectivity index (χ3v) is 6.13. The van der Waals surface area contributed by atoms with E-state index < -0.39 is 17.5 Å². The number of amides is 1. The van der Waals surface area contributed by atoms with Gasteiger partial charge in [0.1, 0.15) is 5.83 Å². The van der Waals surface area contributed by atoms with E-state index in [0.717, 1.165) is 18.4 Å². The molecule has 33 heavy (non-hydrogen) atoms. The van der Waals surface area contributed by atoms with Crippen molar-refractivity contribution in [2.75, 3.05) is 20.1 Å². The number of hydrogen-bond acceptors (Lipinski definition) is 4. The Hall–Kier alpha value is -3.06. The fraction of sp³-hybridized carbons (Fsp3) is 0.360. The van der Waals surface area contributed by atoms with E-state index in [0.29, 0.717) is 29.2 Å². The zero-order chi connectivity index (χ0) is 24.0. The molecule has 0 bridgehead atoms. The van der Waals surface area contributed by atoms with Crippen molar-refractivity contribution in [2.24, 2.45) is 0 Å². The second-order valence-electron chi connectivity index (χ2n) is 8.07. The first-order chi connectivity index (χ1) is 15.9. The highest BCUT2D eigenvalue weighted by atomic mass is 35.5. The summed E-state index contributed by atoms with van der Waals surface area (Å²) in [5.74, 6) is -1.62. The molecule has 0 aliphatic carbocycles. The number of nitrogens with one attached hydrogen (secondary N) is 3. The van der Waals surface area contributed by atoms with Gasteiger partial charge in [-0.25, -0.2) is 4.39 Å². The number of nitrogens with zero attached hydrogens (tertiary/aromatic N) is 1. The summed E-state index contributed by atoms with van der Waals surface area (Å²) in [4.78, 5) is 30.9. The van der Waals surface area contributed by atoms with Crippen LogP contribution in [-0.2, 0) is 4.79 Å². The number of halogens is 2. The highest BCUT2D eigenvalue weighted by molar-refractivity contribution is 6.42. The maximum Gasteiger partial charge on any atom is 0.295 e. The van der Waals surface area contributed by atoms with Crippen molar-refractivity contribution < 1.29 is 14.0 Å². The first-order valence-electron chi connectivity index (χ1n) is 11.1. The van der Waals surface area contributed by atoms with Crippen LogP contribution in [0.2, 0.25) is 5.02 Å². The molecule has 176 valence electrons. The van der Waals surface area contributed by atoms with E-state index in [1.54, 1.807) is 38.2 Å². The molecular formula is C25H30ClFN4O2. The Labute approximate surface area is 198 Å². The number of benzene rings is 1. The number of hydrogen-bond donors (Lipinski definition) is 3. The molecule has 1 fully saturated rings. The third-order valence-electron chi connectivity index (χ3n) is 5.88. The van der Waals surface area contributed by atoms with Crippen molar-refractivity contribution in [1.29, 1.82) is 0 Å². The van der Waals surface area contributed by atoms with Crippen molar-refractivity contribution in [3.63, 3.8) is 0 Å². The van der Waals surface area contributed by atoms with Crippen LogP contribution >= 0.6 is 11.6 Å². The smallest absolute Gasteiger partial charge is 0.295 e. The summed E-state index contributed by atoms with van der Waals surface area (Å²) in [7, 11) is 1.76. The summed E-state index contributed by atoms with van der Waals surface area (Å²) >= 11 is 5.99. The second kappa shape index (κ2) is 11.2. The molecule has 3 N–H and O–H groups in total. The van der Waals surface area contributed by atoms with Gasteiger partial charge in [0.15, 0.2) is 0 Å². The highest BCUT2D eigenvalue weighted by Gasteiger charge is 2.30. The van der Waals surface area contributed by atoms with E-state index >= 15 is 0 Å². The Morgan fingerprint density at radius 2 is 2.00 bits per heavy atom. The molecule has 1 atom stereocenters. The molecule has 0 saturated carbocycles. The maximum absolute atomic E-state index is 14.9. The first kappa shape index (κ1) is 24.6. The fourth-order valence-electron chi connectivity index (χ4n) is 4.11. The van der Waals surface area contributed by atoms with Gasteiger partial charge in [0, 0.05) is 60.6 Å². The molecule has 3 rings (SSSR count). The molecule has 8 heteroatoms. The standard InChI is InChI=1S/C25H30ClFN4O2/c1-4-21(27)22-20(14-30-23(22)16(2)29-12-11-28-3)24(32)25(33)31-13-5-6-18(15-31)17-7-9-19(26)10-8-17/h7-12,14,18,28-30H,4-6,13,15H2,1-3H3/b12-11-,22-21+,23-16-. The maximum atomic E-state index is 14.9. The molecule has 1 aromatic carbocycles. The van der Waals surface area contributed by atoms with Gasteiger partial charge in [-0.3, -0.25) is 9.59 Å². The number of carbonyl (C=O) groups excluding carboxylic acids is 2. The third kappa shape index (κ3) is 5.66. The van der Waals surface area contributed by atoms with Gasteiger partial charge in [0.05, 0.1) is 10.9 Å². The van der Waals surface area contributed by atoms with Crippen LogP contribution in [0.25, 0.3) is 11.5 Å². The van der Waals surface area contributed by atoms with Gasteiger partial charge in [0.25, 0.3) is 11.7 Å². The Kier molecular flexibility index (Phi) is 8.33. The summed E-state index contributed by atoms with van der Waals surface area (Å²) in [6, 6.07) is 7.58. The number of piperidine rings is 1. The lowest BCUT2D eigenvalue weighted by Gasteiger charge is -2.32. The van der Waals surface area contributed by atoms with Gasteiger partial charge in [-0.1, -0.05) is 30.7 Å². The van der Waals surface area contributed by atoms with Gasteiger partial charge in [-0.2, -0.15) is 0 Å². The Morgan fingerprint density at radius 3 is 2.67 bits per heavy atom. The quantitative estimate of drug-likeness (QED) is 0.427. The normalized spacial score (nSPS) is 18.2. The first-order valence-corrected chi connectivity index (χ1v) is 11.5. The van der Waals surface area contributed by atoms with Crippen molar-refractivity contribution >= 4 is 34.8 Å². The number of ketones is 1. The summed E-state index contributed by atoms with van der Waals surface area (Å²) in [5.41, 5.74) is 1.78. The fourth-order valence-corrected chi connectivity index (χ4v) is 4.23. The molecule has 0 radical (unpaired) electrons. The van der Waals surface area contributed by atoms with Crippen molar-refractivity contribution in [3.05, 3.63) is 69.6 Å². The topological polar surface area (TPSA) is 77.2 Å². The summed E-state index contributed by atoms with van der Waals surface area (Å²) in [5, 5.41) is 7.15. The van der Waals surface area contributed by atoms with Gasteiger partial charge in [-0.05, 0) is 43.9 Å². The highest BCUT2D eigenvalue weighted by Crippen LogP contribution is 2.28. The average Bonchev–Trinajstić information content (AvgIpc) is 3.28. The molecule has 6 nitrogen and oxygen atoms in total. The van der Waals surface area contributed by atoms with Crippen LogP contribution in [0.5, 0.6) is 0 Å². The molecule has 0 spiro atoms. The molecule has 1 unspecified atom stereocenters. The summed E-state index contributed by atoms with van der Waals surface area (Å²) in [6.07, 6.45) is 6.62. The van der Waals surface area contributed by atoms with Gasteiger partial charge in [0.2, 0.25) is 0 Å². The summed E-state index contributed by atoms with van der Waals surface area (Å²) in [6.45, 7) is 4.39. The van der Waals surface area contributed by atoms with Crippen molar-refractivity contribution in [2.45, 2.75) is 39.0 Å². The molecule has 1 saturated heterocycles. The van der Waals surface area contributed by atoms with Gasteiger partial charge < -0.3 is 20.5 Å². The van der Waals surface area contributed by atoms with Crippen LogP contribution < -0.4 is 21.2 Å². The molecular weight excluding hydrogens is 443 g/mol. The monoisotopic (exact) mass is 472 g/mol. The SMILES string of the molecule is CC/C(F)=c1/c(C(=O)C(=O)N2CCCC(c3ccc(Cl)cc3)C2)c[nH]/c1=C(/C)N/C=C\NC. The molecule has 1 aliphatic heterocycles. The van der Waals surface area contributed by atoms with Crippen molar-refractivity contribution in [3.8, 4) is 0 Å². The van der Waals surface area contributed by atoms with Crippen LogP contribution in [0.3, 0.4) is 0 Å². The number of Topliss-reactive ketones (excluding diaryl/α,β-unsaturated/α-hetero) is 1. The summed E-state index contributed by atoms with van der Waals surface area (Å²) < 4.78 is 14.9. The molecule has 1 amide bonds. The van der Waals surface area contributed by atoms with E-state index in [1.807, 2.05) is 24.3 Å². The minimum Gasteiger partial charge on any atom is -0.393 e. The second-order valence-corrected chi connectivity index (χ2v) is 8.51. The zero-order valence-electron chi connectivity index (χ0n) is 19.2. The number of rotatable bonds is 7. The largest absolute Gasteiger partial charge is 0.393 e. The predicted octanol–water partition coefficient (Wildman–Crippen LogP) is 3.15. The van der Waals surface area contributed by atoms with E-state index in [-0.39, 0.29) is 23.1 Å². The predicted molar refractivity (Wildman–Crippen MR) is 130 cm³/mol. The van der Waals surface area contributed by atoms with E-state index in [1.165, 1.54) is 6.20 Å². The molecule has 2 heterocycles. The lowest BCUT2D eigenvalue weighted by molar-refractivity contribution is -0.127. The number of aromatic amines is 1. The Morgan fingerprint density at radius 1 is 1.27 bits per heavy atom. The molecule has 2 aromatic rings. The van der Waals surface area contributed by atoms with Crippen LogP contribution in [0.4, 0.5) is 4.39 Å². The van der Waals surface area contributed by atoms with Crippen molar-refractivity contribution in [1.82, 2.24) is 20.5 Å². The number of aromatic nitrogens is 1. The van der Waals surface area contributed by atoms with Crippen LogP contribution in [0.15, 0.2) is 42.9 Å². The Balaban J connectivity index is 1.90. The van der Waals surface area contributed by atoms with Gasteiger partial charge in [-0.15, -0.1) is 0 Å². The number of likely N-dealkylation sites (tertiary alicyclic amines) is 1. The van der Waals surface area contributed by atoms with Crippen LogP contribution in [-0.4, -0.2) is 41.7 Å². The van der Waals surface area contributed by atoms with Crippen LogP contribution in [0.1, 0.15) is 54.9 Å². The lowest BCUT2D eigenvalue weighted by Crippen LogP contribution is -2.44. The number of H-pyrrole nitrogens is 1. The Bertz CT molecular complexity index is 1150. The molecule has 1 aliphatic rings. The number of carbonyl (C=O) groups is 2. The minimum atomic E-state index is -0.702. The van der Waals surface area contributed by atoms with E-state index in [4.69, 9.17) is 11.6 Å². The molecule has 1 aromatic heterocycles. The van der Waals surface area contributed by atoms with Crippen LogP contribution in [0, 0.1) is 0 Å². The van der Waals surface area contributed by atoms with E-state index in [9.17, 15) is 14.0 Å². The average molecular weight is 473 g/mol. The van der Waals surface area contributed by atoms with Gasteiger partial charge >= 0.3 is 0 Å². The minimum absolute atomic E-state index is 0.0571. The zero-order valence-corrected chi connectivity index (χ0v) is 19.9.